The number of aryl methyl sites for hydroxylation is 1. The average molecular weight is 329 g/mol. The quantitative estimate of drug-likeness (QED) is 0.864. The number of carbonyl (C=O) groups is 1. The summed E-state index contributed by atoms with van der Waals surface area (Å²) in [5.74, 6) is 1.97. The minimum atomic E-state index is 0.0568. The summed E-state index contributed by atoms with van der Waals surface area (Å²) in [4.78, 5) is 14.9. The molecule has 1 aliphatic carbocycles. The summed E-state index contributed by atoms with van der Waals surface area (Å²) >= 11 is 0. The van der Waals surface area contributed by atoms with E-state index in [0.29, 0.717) is 25.0 Å². The highest BCUT2D eigenvalue weighted by molar-refractivity contribution is 5.81. The van der Waals surface area contributed by atoms with Crippen LogP contribution in [0.1, 0.15) is 32.3 Å². The first kappa shape index (κ1) is 15.9. The number of ether oxygens (including phenoxy) is 1. The van der Waals surface area contributed by atoms with E-state index in [1.165, 1.54) is 18.4 Å². The number of hydrazine groups is 1. The first-order chi connectivity index (χ1) is 11.7. The van der Waals surface area contributed by atoms with Gasteiger partial charge in [-0.25, -0.2) is 0 Å². The predicted octanol–water partition coefficient (Wildman–Crippen LogP) is 1.73. The van der Waals surface area contributed by atoms with Crippen LogP contribution < -0.4 is 15.6 Å². The lowest BCUT2D eigenvalue weighted by atomic mass is 9.89. The van der Waals surface area contributed by atoms with Crippen molar-refractivity contribution in [2.24, 2.45) is 11.8 Å². The molecule has 1 amide bonds. The first-order valence-corrected chi connectivity index (χ1v) is 9.21. The van der Waals surface area contributed by atoms with Crippen molar-refractivity contribution in [3.8, 4) is 5.75 Å². The van der Waals surface area contributed by atoms with Crippen LogP contribution >= 0.6 is 0 Å². The van der Waals surface area contributed by atoms with Crippen molar-refractivity contribution in [1.29, 1.82) is 0 Å². The number of nitrogens with one attached hydrogen (secondary N) is 2. The van der Waals surface area contributed by atoms with E-state index in [4.69, 9.17) is 4.74 Å². The van der Waals surface area contributed by atoms with Gasteiger partial charge in [0.05, 0.1) is 19.0 Å². The molecule has 0 bridgehead atoms. The second kappa shape index (κ2) is 6.37. The van der Waals surface area contributed by atoms with Gasteiger partial charge in [-0.15, -0.1) is 0 Å². The number of likely N-dealkylation sites (tertiary alicyclic amines) is 1. The molecule has 2 N–H and O–H groups in total. The number of carbonyl (C=O) groups excluding carboxylic acids is 1. The highest BCUT2D eigenvalue weighted by Crippen LogP contribution is 2.39. The number of nitrogens with zero attached hydrogens (tertiary/aromatic N) is 1. The molecule has 24 heavy (non-hydrogen) atoms. The molecule has 4 rings (SSSR count). The lowest BCUT2D eigenvalue weighted by Crippen LogP contribution is -2.59. The Bertz CT molecular complexity index is 610. The maximum absolute atomic E-state index is 12.9. The van der Waals surface area contributed by atoms with Gasteiger partial charge in [0.25, 0.3) is 0 Å². The van der Waals surface area contributed by atoms with E-state index < -0.39 is 0 Å². The molecule has 3 fully saturated rings. The second-order valence-electron chi connectivity index (χ2n) is 7.41. The van der Waals surface area contributed by atoms with Gasteiger partial charge >= 0.3 is 0 Å². The van der Waals surface area contributed by atoms with Crippen molar-refractivity contribution >= 4 is 5.91 Å². The lowest BCUT2D eigenvalue weighted by Gasteiger charge is -2.41. The molecule has 130 valence electrons. The number of benzene rings is 1. The van der Waals surface area contributed by atoms with Crippen molar-refractivity contribution in [3.63, 3.8) is 0 Å². The van der Waals surface area contributed by atoms with Crippen LogP contribution in [0.5, 0.6) is 5.75 Å². The van der Waals surface area contributed by atoms with Crippen LogP contribution in [0.15, 0.2) is 24.3 Å². The lowest BCUT2D eigenvalue weighted by molar-refractivity contribution is -0.145. The van der Waals surface area contributed by atoms with Gasteiger partial charge in [-0.05, 0) is 43.7 Å². The summed E-state index contributed by atoms with van der Waals surface area (Å²) in [6, 6.07) is 8.68. The molecule has 3 unspecified atom stereocenters. The fourth-order valence-corrected chi connectivity index (χ4v) is 3.95. The molecule has 0 radical (unpaired) electrons. The topological polar surface area (TPSA) is 53.6 Å². The Morgan fingerprint density at radius 2 is 2.00 bits per heavy atom. The van der Waals surface area contributed by atoms with Crippen molar-refractivity contribution in [2.75, 3.05) is 13.1 Å². The molecule has 5 heteroatoms. The van der Waals surface area contributed by atoms with Gasteiger partial charge in [-0.3, -0.25) is 15.6 Å². The monoisotopic (exact) mass is 329 g/mol. The third-order valence-electron chi connectivity index (χ3n) is 5.63. The summed E-state index contributed by atoms with van der Waals surface area (Å²) in [7, 11) is 0. The summed E-state index contributed by atoms with van der Waals surface area (Å²) < 4.78 is 6.10. The summed E-state index contributed by atoms with van der Waals surface area (Å²) in [6.45, 7) is 5.65. The Labute approximate surface area is 143 Å². The van der Waals surface area contributed by atoms with Crippen LogP contribution in [-0.2, 0) is 11.2 Å². The third-order valence-corrected chi connectivity index (χ3v) is 5.63. The van der Waals surface area contributed by atoms with Crippen molar-refractivity contribution in [2.45, 2.75) is 51.3 Å². The molecule has 2 heterocycles. The fraction of sp³-hybridized carbons (Fsp3) is 0.632. The van der Waals surface area contributed by atoms with E-state index in [0.717, 1.165) is 12.2 Å². The first-order valence-electron chi connectivity index (χ1n) is 9.21. The third kappa shape index (κ3) is 2.91. The maximum Gasteiger partial charge on any atom is 0.229 e. The molecule has 2 aliphatic heterocycles. The molecule has 0 spiro atoms. The predicted molar refractivity (Wildman–Crippen MR) is 92.6 cm³/mol. The van der Waals surface area contributed by atoms with Gasteiger partial charge in [-0.2, -0.15) is 0 Å². The van der Waals surface area contributed by atoms with Gasteiger partial charge in [0.1, 0.15) is 11.9 Å². The van der Waals surface area contributed by atoms with Crippen LogP contribution in [0.2, 0.25) is 0 Å². The van der Waals surface area contributed by atoms with Crippen LogP contribution in [0.3, 0.4) is 0 Å². The van der Waals surface area contributed by atoms with Crippen LogP contribution in [-0.4, -0.2) is 42.1 Å². The number of para-hydroxylation sites is 1. The van der Waals surface area contributed by atoms with Crippen LogP contribution in [0.4, 0.5) is 0 Å². The SMILES string of the molecule is CCc1ccccc1OC1CN(C(=O)C2C(C)NNC2C2CC2)C1. The zero-order valence-electron chi connectivity index (χ0n) is 14.5. The van der Waals surface area contributed by atoms with E-state index in [1.807, 2.05) is 23.1 Å². The Balaban J connectivity index is 1.34. The van der Waals surface area contributed by atoms with Crippen molar-refractivity contribution in [3.05, 3.63) is 29.8 Å². The van der Waals surface area contributed by atoms with Gasteiger partial charge in [0, 0.05) is 12.1 Å². The Hall–Kier alpha value is -1.59. The number of amides is 1. The molecule has 3 aliphatic rings. The molecular formula is C19H27N3O2. The standard InChI is InChI=1S/C19H27N3O2/c1-3-13-6-4-5-7-16(13)24-15-10-22(11-15)19(23)17-12(2)20-21-18(17)14-8-9-14/h4-7,12,14-15,17-18,20-21H,3,8-11H2,1-2H3. The highest BCUT2D eigenvalue weighted by atomic mass is 16.5. The summed E-state index contributed by atoms with van der Waals surface area (Å²) in [5.41, 5.74) is 7.83. The highest BCUT2D eigenvalue weighted by Gasteiger charge is 2.49. The minimum absolute atomic E-state index is 0.0568. The van der Waals surface area contributed by atoms with Gasteiger partial charge in [-0.1, -0.05) is 25.1 Å². The van der Waals surface area contributed by atoms with E-state index in [1.54, 1.807) is 0 Å². The Morgan fingerprint density at radius 3 is 2.71 bits per heavy atom. The number of hydrogen-bond donors (Lipinski definition) is 2. The molecule has 2 saturated heterocycles. The average Bonchev–Trinajstić information content (AvgIpc) is 3.32. The zero-order valence-corrected chi connectivity index (χ0v) is 14.5. The normalized spacial score (nSPS) is 30.2. The number of hydrogen-bond acceptors (Lipinski definition) is 4. The molecule has 3 atom stereocenters. The van der Waals surface area contributed by atoms with Crippen molar-refractivity contribution in [1.82, 2.24) is 15.8 Å². The smallest absolute Gasteiger partial charge is 0.229 e. The van der Waals surface area contributed by atoms with E-state index in [9.17, 15) is 4.79 Å². The van der Waals surface area contributed by atoms with Gasteiger partial charge in [0.15, 0.2) is 0 Å². The molecule has 1 saturated carbocycles. The van der Waals surface area contributed by atoms with Crippen LogP contribution in [0, 0.1) is 11.8 Å². The molecule has 5 nitrogen and oxygen atoms in total. The molecule has 1 aromatic carbocycles. The number of rotatable bonds is 5. The van der Waals surface area contributed by atoms with Crippen molar-refractivity contribution < 1.29 is 9.53 Å². The Morgan fingerprint density at radius 1 is 1.25 bits per heavy atom. The maximum atomic E-state index is 12.9. The van der Waals surface area contributed by atoms with Crippen LogP contribution in [0.25, 0.3) is 0 Å². The second-order valence-corrected chi connectivity index (χ2v) is 7.41. The van der Waals surface area contributed by atoms with Gasteiger partial charge in [0.2, 0.25) is 5.91 Å². The van der Waals surface area contributed by atoms with E-state index in [-0.39, 0.29) is 24.0 Å². The largest absolute Gasteiger partial charge is 0.486 e. The fourth-order valence-electron chi connectivity index (χ4n) is 3.95. The summed E-state index contributed by atoms with van der Waals surface area (Å²) in [5, 5.41) is 0. The summed E-state index contributed by atoms with van der Waals surface area (Å²) in [6.07, 6.45) is 3.58. The zero-order chi connectivity index (χ0) is 16.7. The molecule has 1 aromatic rings. The Kier molecular flexibility index (Phi) is 4.22. The van der Waals surface area contributed by atoms with Gasteiger partial charge < -0.3 is 9.64 Å². The minimum Gasteiger partial charge on any atom is -0.486 e. The van der Waals surface area contributed by atoms with E-state index >= 15 is 0 Å². The molecule has 0 aromatic heterocycles. The molecular weight excluding hydrogens is 302 g/mol. The van der Waals surface area contributed by atoms with E-state index in [2.05, 4.69) is 30.8 Å².